The van der Waals surface area contributed by atoms with Crippen LogP contribution in [0.5, 0.6) is 0 Å². The van der Waals surface area contributed by atoms with E-state index in [9.17, 15) is 9.59 Å². The van der Waals surface area contributed by atoms with Gasteiger partial charge in [-0.15, -0.1) is 0 Å². The van der Waals surface area contributed by atoms with Gasteiger partial charge in [0, 0.05) is 19.3 Å². The fraction of sp³-hybridized carbons (Fsp3) is 0.615. The van der Waals surface area contributed by atoms with E-state index in [1.807, 2.05) is 20.8 Å². The van der Waals surface area contributed by atoms with Crippen molar-refractivity contribution in [3.8, 4) is 0 Å². The van der Waals surface area contributed by atoms with Crippen LogP contribution in [0.15, 0.2) is 12.5 Å². The molecule has 0 unspecified atom stereocenters. The number of hydrogen-bond acceptors (Lipinski definition) is 5. The zero-order valence-corrected chi connectivity index (χ0v) is 12.3. The van der Waals surface area contributed by atoms with Gasteiger partial charge in [0.15, 0.2) is 5.69 Å². The fourth-order valence-corrected chi connectivity index (χ4v) is 1.46. The quantitative estimate of drug-likeness (QED) is 0.655. The molecule has 20 heavy (non-hydrogen) atoms. The normalized spacial score (nSPS) is 11.0. The highest BCUT2D eigenvalue weighted by Gasteiger charge is 2.15. The van der Waals surface area contributed by atoms with Crippen molar-refractivity contribution in [2.45, 2.75) is 39.3 Å². The lowest BCUT2D eigenvalue weighted by Gasteiger charge is -2.19. The summed E-state index contributed by atoms with van der Waals surface area (Å²) >= 11 is 0. The Morgan fingerprint density at radius 3 is 2.70 bits per heavy atom. The van der Waals surface area contributed by atoms with Crippen LogP contribution in [0, 0.1) is 0 Å². The molecule has 112 valence electrons. The SMILES string of the molecule is COC(=O)c1cn(CCCNC(=O)OC(C)(C)C)cn1. The van der Waals surface area contributed by atoms with Gasteiger partial charge in [-0.05, 0) is 27.2 Å². The molecule has 0 radical (unpaired) electrons. The minimum Gasteiger partial charge on any atom is -0.464 e. The minimum absolute atomic E-state index is 0.271. The average molecular weight is 283 g/mol. The maximum Gasteiger partial charge on any atom is 0.407 e. The minimum atomic E-state index is -0.496. The Balaban J connectivity index is 2.26. The summed E-state index contributed by atoms with van der Waals surface area (Å²) in [5.41, 5.74) is -0.225. The van der Waals surface area contributed by atoms with Crippen molar-refractivity contribution in [2.24, 2.45) is 0 Å². The Kier molecular flexibility index (Phi) is 5.54. The summed E-state index contributed by atoms with van der Waals surface area (Å²) in [6, 6.07) is 0. The molecule has 1 aromatic rings. The summed E-state index contributed by atoms with van der Waals surface area (Å²) in [7, 11) is 1.31. The summed E-state index contributed by atoms with van der Waals surface area (Å²) < 4.78 is 11.4. The molecular weight excluding hydrogens is 262 g/mol. The third-order valence-electron chi connectivity index (χ3n) is 2.29. The molecule has 0 aliphatic heterocycles. The number of aryl methyl sites for hydroxylation is 1. The molecule has 0 bridgehead atoms. The molecule has 0 saturated carbocycles. The summed E-state index contributed by atoms with van der Waals surface area (Å²) in [6.07, 6.45) is 3.44. The number of rotatable bonds is 5. The lowest BCUT2D eigenvalue weighted by Crippen LogP contribution is -2.33. The number of nitrogens with zero attached hydrogens (tertiary/aromatic N) is 2. The zero-order chi connectivity index (χ0) is 15.2. The van der Waals surface area contributed by atoms with Gasteiger partial charge < -0.3 is 19.4 Å². The lowest BCUT2D eigenvalue weighted by atomic mass is 10.2. The predicted octanol–water partition coefficient (Wildman–Crippen LogP) is 1.58. The van der Waals surface area contributed by atoms with Crippen LogP contribution in [-0.4, -0.2) is 40.9 Å². The predicted molar refractivity (Wildman–Crippen MR) is 72.4 cm³/mol. The maximum atomic E-state index is 11.4. The molecule has 1 heterocycles. The lowest BCUT2D eigenvalue weighted by molar-refractivity contribution is 0.0525. The molecule has 0 aromatic carbocycles. The standard InChI is InChI=1S/C13H21N3O4/c1-13(2,3)20-12(18)14-6-5-7-16-8-10(15-9-16)11(17)19-4/h8-9H,5-7H2,1-4H3,(H,14,18). The van der Waals surface area contributed by atoms with Crippen molar-refractivity contribution in [1.29, 1.82) is 0 Å². The monoisotopic (exact) mass is 283 g/mol. The Morgan fingerprint density at radius 2 is 2.10 bits per heavy atom. The van der Waals surface area contributed by atoms with E-state index in [-0.39, 0.29) is 5.69 Å². The summed E-state index contributed by atoms with van der Waals surface area (Å²) in [4.78, 5) is 26.5. The molecule has 1 aromatic heterocycles. The van der Waals surface area contributed by atoms with E-state index in [0.717, 1.165) is 0 Å². The number of imidazole rings is 1. The average Bonchev–Trinajstić information content (AvgIpc) is 2.80. The zero-order valence-electron chi connectivity index (χ0n) is 12.3. The molecule has 0 aliphatic rings. The second-order valence-corrected chi connectivity index (χ2v) is 5.27. The molecule has 0 fully saturated rings. The summed E-state index contributed by atoms with van der Waals surface area (Å²) in [6.45, 7) is 6.56. The first kappa shape index (κ1) is 16.0. The highest BCUT2D eigenvalue weighted by molar-refractivity contribution is 5.86. The second kappa shape index (κ2) is 6.93. The van der Waals surface area contributed by atoms with Gasteiger partial charge in [-0.2, -0.15) is 0 Å². The first-order valence-electron chi connectivity index (χ1n) is 6.39. The van der Waals surface area contributed by atoms with Gasteiger partial charge in [0.2, 0.25) is 0 Å². The largest absolute Gasteiger partial charge is 0.464 e. The van der Waals surface area contributed by atoms with Crippen molar-refractivity contribution in [3.05, 3.63) is 18.2 Å². The molecule has 0 spiro atoms. The van der Waals surface area contributed by atoms with Crippen LogP contribution >= 0.6 is 0 Å². The number of aromatic nitrogens is 2. The van der Waals surface area contributed by atoms with Crippen LogP contribution < -0.4 is 5.32 Å². The van der Waals surface area contributed by atoms with Crippen molar-refractivity contribution in [2.75, 3.05) is 13.7 Å². The molecule has 7 heteroatoms. The Morgan fingerprint density at radius 1 is 1.40 bits per heavy atom. The van der Waals surface area contributed by atoms with Crippen LogP contribution in [0.2, 0.25) is 0 Å². The fourth-order valence-electron chi connectivity index (χ4n) is 1.46. The van der Waals surface area contributed by atoms with Gasteiger partial charge in [-0.3, -0.25) is 0 Å². The number of ether oxygens (including phenoxy) is 2. The number of esters is 1. The van der Waals surface area contributed by atoms with Gasteiger partial charge in [0.25, 0.3) is 0 Å². The Bertz CT molecular complexity index is 462. The third kappa shape index (κ3) is 5.73. The maximum absolute atomic E-state index is 11.4. The number of methoxy groups -OCH3 is 1. The van der Waals surface area contributed by atoms with Crippen molar-refractivity contribution >= 4 is 12.1 Å². The first-order valence-corrected chi connectivity index (χ1v) is 6.39. The molecule has 0 aliphatic carbocycles. The Labute approximate surface area is 118 Å². The van der Waals surface area contributed by atoms with Gasteiger partial charge in [0.05, 0.1) is 13.4 Å². The summed E-state index contributed by atoms with van der Waals surface area (Å²) in [5, 5.41) is 2.66. The third-order valence-corrected chi connectivity index (χ3v) is 2.29. The highest BCUT2D eigenvalue weighted by Crippen LogP contribution is 2.06. The molecule has 0 saturated heterocycles. The molecule has 1 rings (SSSR count). The number of alkyl carbamates (subject to hydrolysis) is 1. The van der Waals surface area contributed by atoms with E-state index in [2.05, 4.69) is 15.0 Å². The van der Waals surface area contributed by atoms with Crippen LogP contribution in [0.3, 0.4) is 0 Å². The first-order chi connectivity index (χ1) is 9.31. The van der Waals surface area contributed by atoms with E-state index < -0.39 is 17.7 Å². The van der Waals surface area contributed by atoms with Crippen LogP contribution in [0.1, 0.15) is 37.7 Å². The van der Waals surface area contributed by atoms with Crippen LogP contribution in [0.25, 0.3) is 0 Å². The van der Waals surface area contributed by atoms with Gasteiger partial charge >= 0.3 is 12.1 Å². The number of hydrogen-bond donors (Lipinski definition) is 1. The Hall–Kier alpha value is -2.05. The number of amides is 1. The number of carbonyl (C=O) groups is 2. The molecule has 1 N–H and O–H groups in total. The van der Waals surface area contributed by atoms with E-state index in [0.29, 0.717) is 19.5 Å². The van der Waals surface area contributed by atoms with Crippen molar-refractivity contribution in [1.82, 2.24) is 14.9 Å². The van der Waals surface area contributed by atoms with Gasteiger partial charge in [-0.1, -0.05) is 0 Å². The van der Waals surface area contributed by atoms with Crippen LogP contribution in [0.4, 0.5) is 4.79 Å². The van der Waals surface area contributed by atoms with E-state index in [4.69, 9.17) is 4.74 Å². The summed E-state index contributed by atoms with van der Waals surface area (Å²) in [5.74, 6) is -0.462. The molecule has 0 atom stereocenters. The van der Waals surface area contributed by atoms with E-state index in [1.54, 1.807) is 17.1 Å². The number of carbonyl (C=O) groups excluding carboxylic acids is 2. The van der Waals surface area contributed by atoms with Gasteiger partial charge in [0.1, 0.15) is 5.60 Å². The highest BCUT2D eigenvalue weighted by atomic mass is 16.6. The second-order valence-electron chi connectivity index (χ2n) is 5.27. The van der Waals surface area contributed by atoms with Crippen molar-refractivity contribution in [3.63, 3.8) is 0 Å². The molecule has 1 amide bonds. The smallest absolute Gasteiger partial charge is 0.407 e. The topological polar surface area (TPSA) is 82.5 Å². The number of nitrogens with one attached hydrogen (secondary N) is 1. The van der Waals surface area contributed by atoms with E-state index >= 15 is 0 Å². The van der Waals surface area contributed by atoms with Gasteiger partial charge in [-0.25, -0.2) is 14.6 Å². The molecule has 7 nitrogen and oxygen atoms in total. The molecular formula is C13H21N3O4. The van der Waals surface area contributed by atoms with E-state index in [1.165, 1.54) is 7.11 Å². The van der Waals surface area contributed by atoms with Crippen LogP contribution in [-0.2, 0) is 16.0 Å². The van der Waals surface area contributed by atoms with Crippen molar-refractivity contribution < 1.29 is 19.1 Å².